The summed E-state index contributed by atoms with van der Waals surface area (Å²) in [6, 6.07) is 10.7. The van der Waals surface area contributed by atoms with Crippen molar-refractivity contribution in [3.05, 3.63) is 30.0 Å². The van der Waals surface area contributed by atoms with E-state index in [9.17, 15) is 0 Å². The van der Waals surface area contributed by atoms with Crippen molar-refractivity contribution >= 4 is 10.9 Å². The van der Waals surface area contributed by atoms with E-state index in [2.05, 4.69) is 42.0 Å². The van der Waals surface area contributed by atoms with Gasteiger partial charge < -0.3 is 0 Å². The lowest BCUT2D eigenvalue weighted by molar-refractivity contribution is 0.237. The smallest absolute Gasteiger partial charge is 0.0871 e. The van der Waals surface area contributed by atoms with Gasteiger partial charge in [-0.05, 0) is 19.9 Å². The van der Waals surface area contributed by atoms with Crippen LogP contribution in [0.2, 0.25) is 0 Å². The molecule has 4 heteroatoms. The van der Waals surface area contributed by atoms with Gasteiger partial charge in [0.15, 0.2) is 0 Å². The third-order valence-corrected chi connectivity index (χ3v) is 3.19. The predicted octanol–water partition coefficient (Wildman–Crippen LogP) is 2.31. The van der Waals surface area contributed by atoms with Gasteiger partial charge in [0.05, 0.1) is 23.8 Å². The van der Waals surface area contributed by atoms with Crippen LogP contribution in [0.4, 0.5) is 0 Å². The molecule has 0 amide bonds. The largest absolute Gasteiger partial charge is 0.282 e. The van der Waals surface area contributed by atoms with Gasteiger partial charge in [-0.1, -0.05) is 18.2 Å². The molecule has 0 aliphatic rings. The highest BCUT2D eigenvalue weighted by atomic mass is 15.3. The zero-order valence-electron chi connectivity index (χ0n) is 11.1. The van der Waals surface area contributed by atoms with Crippen molar-refractivity contribution in [1.82, 2.24) is 14.7 Å². The number of nitrogens with zero attached hydrogens (tertiary/aromatic N) is 4. The molecule has 1 aromatic heterocycles. The summed E-state index contributed by atoms with van der Waals surface area (Å²) in [4.78, 5) is 2.12. The standard InChI is InChI=1S/C14H18N4/c1-11(2)18(9-8-15)10-13-12-6-4-5-7-14(12)17(3)16-13/h4-7,11H,9-10H2,1-3H3. The lowest BCUT2D eigenvalue weighted by Crippen LogP contribution is -2.30. The monoisotopic (exact) mass is 242 g/mol. The Bertz CT molecular complexity index is 577. The van der Waals surface area contributed by atoms with E-state index in [1.807, 2.05) is 23.9 Å². The summed E-state index contributed by atoms with van der Waals surface area (Å²) in [6.07, 6.45) is 0. The number of aromatic nitrogens is 2. The molecule has 1 heterocycles. The van der Waals surface area contributed by atoms with Crippen LogP contribution < -0.4 is 0 Å². The maximum atomic E-state index is 8.86. The van der Waals surface area contributed by atoms with Crippen LogP contribution in [0.15, 0.2) is 24.3 Å². The maximum Gasteiger partial charge on any atom is 0.0871 e. The first-order valence-electron chi connectivity index (χ1n) is 6.15. The molecule has 0 spiro atoms. The van der Waals surface area contributed by atoms with E-state index in [1.165, 1.54) is 5.39 Å². The highest BCUT2D eigenvalue weighted by molar-refractivity contribution is 5.81. The molecule has 0 N–H and O–H groups in total. The molecule has 4 nitrogen and oxygen atoms in total. The van der Waals surface area contributed by atoms with Gasteiger partial charge in [-0.2, -0.15) is 10.4 Å². The molecule has 18 heavy (non-hydrogen) atoms. The zero-order chi connectivity index (χ0) is 13.1. The van der Waals surface area contributed by atoms with Crippen LogP contribution in [0.25, 0.3) is 10.9 Å². The van der Waals surface area contributed by atoms with Crippen LogP contribution in [-0.2, 0) is 13.6 Å². The molecule has 0 bridgehead atoms. The minimum absolute atomic E-state index is 0.338. The Morgan fingerprint density at radius 1 is 1.39 bits per heavy atom. The minimum Gasteiger partial charge on any atom is -0.282 e. The summed E-state index contributed by atoms with van der Waals surface area (Å²) in [5, 5.41) is 14.6. The van der Waals surface area contributed by atoms with E-state index < -0.39 is 0 Å². The van der Waals surface area contributed by atoms with Crippen LogP contribution in [0.1, 0.15) is 19.5 Å². The van der Waals surface area contributed by atoms with Crippen molar-refractivity contribution in [2.24, 2.45) is 7.05 Å². The molecular weight excluding hydrogens is 224 g/mol. The first-order valence-corrected chi connectivity index (χ1v) is 6.15. The van der Waals surface area contributed by atoms with E-state index in [-0.39, 0.29) is 0 Å². The Balaban J connectivity index is 2.34. The summed E-state index contributed by atoms with van der Waals surface area (Å²) >= 11 is 0. The summed E-state index contributed by atoms with van der Waals surface area (Å²) < 4.78 is 1.90. The van der Waals surface area contributed by atoms with Crippen molar-refractivity contribution in [3.63, 3.8) is 0 Å². The lowest BCUT2D eigenvalue weighted by Gasteiger charge is -2.22. The molecule has 0 saturated carbocycles. The van der Waals surface area contributed by atoms with Crippen LogP contribution in [0, 0.1) is 11.3 Å². The molecule has 0 unspecified atom stereocenters. The molecule has 0 fully saturated rings. The predicted molar refractivity (Wildman–Crippen MR) is 71.9 cm³/mol. The number of nitriles is 1. The van der Waals surface area contributed by atoms with Gasteiger partial charge in [0.2, 0.25) is 0 Å². The second-order valence-electron chi connectivity index (χ2n) is 4.74. The molecule has 0 aliphatic heterocycles. The summed E-state index contributed by atoms with van der Waals surface area (Å²) in [6.45, 7) is 5.35. The molecule has 2 aromatic rings. The molecule has 0 aliphatic carbocycles. The number of fused-ring (bicyclic) bond motifs is 1. The van der Waals surface area contributed by atoms with Crippen LogP contribution >= 0.6 is 0 Å². The van der Waals surface area contributed by atoms with Crippen LogP contribution in [0.3, 0.4) is 0 Å². The number of benzene rings is 1. The van der Waals surface area contributed by atoms with Crippen LogP contribution in [0.5, 0.6) is 0 Å². The van der Waals surface area contributed by atoms with Crippen molar-refractivity contribution in [3.8, 4) is 6.07 Å². The quantitative estimate of drug-likeness (QED) is 0.773. The normalized spacial score (nSPS) is 11.3. The van der Waals surface area contributed by atoms with Crippen molar-refractivity contribution in [2.45, 2.75) is 26.4 Å². The number of rotatable bonds is 4. The number of hydrogen-bond acceptors (Lipinski definition) is 3. The van der Waals surface area contributed by atoms with Crippen molar-refractivity contribution in [2.75, 3.05) is 6.54 Å². The number of hydrogen-bond donors (Lipinski definition) is 0. The van der Waals surface area contributed by atoms with Gasteiger partial charge in [-0.15, -0.1) is 0 Å². The number of aryl methyl sites for hydroxylation is 1. The molecule has 2 rings (SSSR count). The second kappa shape index (κ2) is 5.19. The molecular formula is C14H18N4. The minimum atomic E-state index is 0.338. The molecule has 0 saturated heterocycles. The molecule has 0 atom stereocenters. The fourth-order valence-corrected chi connectivity index (χ4v) is 2.11. The summed E-state index contributed by atoms with van der Waals surface area (Å²) in [7, 11) is 1.95. The van der Waals surface area contributed by atoms with Gasteiger partial charge in [0.25, 0.3) is 0 Å². The average molecular weight is 242 g/mol. The summed E-state index contributed by atoms with van der Waals surface area (Å²) in [5.74, 6) is 0. The van der Waals surface area contributed by atoms with Gasteiger partial charge >= 0.3 is 0 Å². The highest BCUT2D eigenvalue weighted by Gasteiger charge is 2.14. The van der Waals surface area contributed by atoms with Gasteiger partial charge in [-0.25, -0.2) is 0 Å². The Morgan fingerprint density at radius 2 is 2.11 bits per heavy atom. The van der Waals surface area contributed by atoms with Crippen molar-refractivity contribution in [1.29, 1.82) is 5.26 Å². The van der Waals surface area contributed by atoms with E-state index in [4.69, 9.17) is 5.26 Å². The molecule has 1 aromatic carbocycles. The SMILES string of the molecule is CC(C)N(CC#N)Cc1nn(C)c2ccccc12. The van der Waals surface area contributed by atoms with E-state index in [0.717, 1.165) is 11.2 Å². The lowest BCUT2D eigenvalue weighted by atomic mass is 10.2. The molecule has 0 radical (unpaired) electrons. The third-order valence-electron chi connectivity index (χ3n) is 3.19. The average Bonchev–Trinajstić information content (AvgIpc) is 2.66. The number of para-hydroxylation sites is 1. The first kappa shape index (κ1) is 12.6. The fraction of sp³-hybridized carbons (Fsp3) is 0.429. The summed E-state index contributed by atoms with van der Waals surface area (Å²) in [5.41, 5.74) is 2.17. The van der Waals surface area contributed by atoms with E-state index in [0.29, 0.717) is 19.1 Å². The third kappa shape index (κ3) is 2.36. The molecule has 94 valence electrons. The fourth-order valence-electron chi connectivity index (χ4n) is 2.11. The topological polar surface area (TPSA) is 44.9 Å². The van der Waals surface area contributed by atoms with Crippen molar-refractivity contribution < 1.29 is 0 Å². The maximum absolute atomic E-state index is 8.86. The Kier molecular flexibility index (Phi) is 3.63. The highest BCUT2D eigenvalue weighted by Crippen LogP contribution is 2.19. The van der Waals surface area contributed by atoms with Gasteiger partial charge in [0.1, 0.15) is 0 Å². The Morgan fingerprint density at radius 3 is 2.78 bits per heavy atom. The Hall–Kier alpha value is -1.86. The first-order chi connectivity index (χ1) is 8.63. The van der Waals surface area contributed by atoms with Crippen LogP contribution in [-0.4, -0.2) is 27.3 Å². The second-order valence-corrected chi connectivity index (χ2v) is 4.74. The van der Waals surface area contributed by atoms with Gasteiger partial charge in [0, 0.05) is 25.0 Å². The van der Waals surface area contributed by atoms with Gasteiger partial charge in [-0.3, -0.25) is 9.58 Å². The Labute approximate surface area is 107 Å². The van der Waals surface area contributed by atoms with E-state index >= 15 is 0 Å². The zero-order valence-corrected chi connectivity index (χ0v) is 11.1. The van der Waals surface area contributed by atoms with E-state index in [1.54, 1.807) is 0 Å².